The summed E-state index contributed by atoms with van der Waals surface area (Å²) in [6.07, 6.45) is 11.9. The molecule has 4 fully saturated rings. The van der Waals surface area contributed by atoms with Crippen LogP contribution in [0.5, 0.6) is 5.75 Å². The second-order valence-corrected chi connectivity index (χ2v) is 12.8. The summed E-state index contributed by atoms with van der Waals surface area (Å²) in [5, 5.41) is 9.17. The summed E-state index contributed by atoms with van der Waals surface area (Å²) in [5.41, 5.74) is 2.30. The number of aromatic nitrogens is 3. The Bertz CT molecular complexity index is 1090. The number of ketones is 1. The third-order valence-electron chi connectivity index (χ3n) is 11.2. The van der Waals surface area contributed by atoms with Crippen LogP contribution in [0.1, 0.15) is 78.6 Å². The van der Waals surface area contributed by atoms with Gasteiger partial charge in [-0.25, -0.2) is 0 Å². The van der Waals surface area contributed by atoms with Gasteiger partial charge in [0.25, 0.3) is 0 Å². The number of rotatable bonds is 4. The van der Waals surface area contributed by atoms with E-state index in [1.54, 1.807) is 11.9 Å². The van der Waals surface area contributed by atoms with Crippen molar-refractivity contribution in [3.63, 3.8) is 0 Å². The third kappa shape index (κ3) is 3.36. The summed E-state index contributed by atoms with van der Waals surface area (Å²) in [6, 6.07) is 5.70. The van der Waals surface area contributed by atoms with E-state index in [2.05, 4.69) is 31.0 Å². The lowest BCUT2D eigenvalue weighted by atomic mass is 9.44. The molecule has 6 rings (SSSR count). The SMILES string of the molecule is COc1ccc2nn(CC(=O)C3CCC4C5CCC6CC(C)CCC6(C)C5CCC34C)nc2c1. The maximum Gasteiger partial charge on any atom is 0.159 e. The summed E-state index contributed by atoms with van der Waals surface area (Å²) < 4.78 is 5.31. The third-order valence-corrected chi connectivity index (χ3v) is 11.2. The van der Waals surface area contributed by atoms with Crippen LogP contribution in [-0.4, -0.2) is 27.9 Å². The van der Waals surface area contributed by atoms with Crippen LogP contribution in [0.2, 0.25) is 0 Å². The first-order valence-corrected chi connectivity index (χ1v) is 13.7. The molecule has 5 heteroatoms. The van der Waals surface area contributed by atoms with Gasteiger partial charge in [0, 0.05) is 12.0 Å². The number of ether oxygens (including phenoxy) is 1. The Morgan fingerprint density at radius 3 is 2.59 bits per heavy atom. The molecule has 0 amide bonds. The lowest BCUT2D eigenvalue weighted by Gasteiger charge is -2.61. The topological polar surface area (TPSA) is 57.0 Å². The molecule has 0 radical (unpaired) electrons. The zero-order valence-electron chi connectivity index (χ0n) is 21.4. The molecule has 4 aliphatic carbocycles. The number of carbonyl (C=O) groups is 1. The smallest absolute Gasteiger partial charge is 0.159 e. The first-order chi connectivity index (χ1) is 16.3. The fourth-order valence-corrected chi connectivity index (χ4v) is 9.39. The molecule has 8 unspecified atom stereocenters. The van der Waals surface area contributed by atoms with Gasteiger partial charge in [0.2, 0.25) is 0 Å². The number of nitrogens with zero attached hydrogens (tertiary/aromatic N) is 3. The molecule has 8 atom stereocenters. The van der Waals surface area contributed by atoms with E-state index in [0.717, 1.165) is 46.9 Å². The first kappa shape index (κ1) is 22.5. The fraction of sp³-hybridized carbons (Fsp3) is 0.759. The minimum absolute atomic E-state index is 0.152. The van der Waals surface area contributed by atoms with Crippen molar-refractivity contribution in [2.24, 2.45) is 46.3 Å². The van der Waals surface area contributed by atoms with Crippen molar-refractivity contribution in [1.82, 2.24) is 15.0 Å². The minimum atomic E-state index is 0.152. The number of carbonyl (C=O) groups excluding carboxylic acids is 1. The van der Waals surface area contributed by atoms with Gasteiger partial charge in [0.1, 0.15) is 23.3 Å². The molecule has 2 aromatic rings. The van der Waals surface area contributed by atoms with Crippen LogP contribution in [0.15, 0.2) is 18.2 Å². The van der Waals surface area contributed by atoms with Crippen molar-refractivity contribution in [1.29, 1.82) is 0 Å². The second-order valence-electron chi connectivity index (χ2n) is 12.8. The molecule has 1 aromatic heterocycles. The average molecular weight is 464 g/mol. The molecule has 0 N–H and O–H groups in total. The van der Waals surface area contributed by atoms with Gasteiger partial charge in [-0.15, -0.1) is 0 Å². The predicted octanol–water partition coefficient (Wildman–Crippen LogP) is 6.30. The molecule has 184 valence electrons. The van der Waals surface area contributed by atoms with E-state index in [-0.39, 0.29) is 17.9 Å². The van der Waals surface area contributed by atoms with Crippen LogP contribution in [0.4, 0.5) is 0 Å². The zero-order chi connectivity index (χ0) is 23.7. The molecule has 0 bridgehead atoms. The highest BCUT2D eigenvalue weighted by molar-refractivity contribution is 5.82. The Hall–Kier alpha value is -1.91. The number of hydrogen-bond donors (Lipinski definition) is 0. The van der Waals surface area contributed by atoms with Crippen LogP contribution in [0.3, 0.4) is 0 Å². The van der Waals surface area contributed by atoms with Crippen LogP contribution < -0.4 is 4.74 Å². The van der Waals surface area contributed by atoms with E-state index in [4.69, 9.17) is 4.74 Å². The van der Waals surface area contributed by atoms with Crippen LogP contribution >= 0.6 is 0 Å². The van der Waals surface area contributed by atoms with Gasteiger partial charge in [0.15, 0.2) is 5.78 Å². The number of hydrogen-bond acceptors (Lipinski definition) is 4. The van der Waals surface area contributed by atoms with E-state index < -0.39 is 0 Å². The molecular formula is C29H41N3O2. The molecule has 34 heavy (non-hydrogen) atoms. The van der Waals surface area contributed by atoms with Gasteiger partial charge in [0.05, 0.1) is 7.11 Å². The molecule has 0 saturated heterocycles. The number of benzene rings is 1. The molecule has 4 saturated carbocycles. The second kappa shape index (κ2) is 8.06. The Morgan fingerprint density at radius 1 is 1.00 bits per heavy atom. The monoisotopic (exact) mass is 463 g/mol. The van der Waals surface area contributed by atoms with Gasteiger partial charge in [-0.1, -0.05) is 27.2 Å². The zero-order valence-corrected chi connectivity index (χ0v) is 21.4. The molecule has 5 nitrogen and oxygen atoms in total. The highest BCUT2D eigenvalue weighted by atomic mass is 16.5. The maximum absolute atomic E-state index is 13.6. The summed E-state index contributed by atoms with van der Waals surface area (Å²) >= 11 is 0. The van der Waals surface area contributed by atoms with E-state index in [9.17, 15) is 4.79 Å². The van der Waals surface area contributed by atoms with Gasteiger partial charge < -0.3 is 4.74 Å². The average Bonchev–Trinajstić information content (AvgIpc) is 3.38. The van der Waals surface area contributed by atoms with Crippen LogP contribution in [0, 0.1) is 46.3 Å². The Labute approximate surface area is 204 Å². The van der Waals surface area contributed by atoms with Crippen LogP contribution in [0.25, 0.3) is 11.0 Å². The highest BCUT2D eigenvalue weighted by Gasteiger charge is 2.60. The van der Waals surface area contributed by atoms with Gasteiger partial charge in [-0.05, 0) is 104 Å². The highest BCUT2D eigenvalue weighted by Crippen LogP contribution is 2.67. The molecule has 1 heterocycles. The lowest BCUT2D eigenvalue weighted by Crippen LogP contribution is -2.53. The van der Waals surface area contributed by atoms with Crippen molar-refractivity contribution in [2.45, 2.75) is 85.1 Å². The van der Waals surface area contributed by atoms with Gasteiger partial charge in [-0.2, -0.15) is 15.0 Å². The summed E-state index contributed by atoms with van der Waals surface area (Å²) in [5.74, 6) is 5.50. The molecule has 0 aliphatic heterocycles. The summed E-state index contributed by atoms with van der Waals surface area (Å²) in [7, 11) is 1.66. The Morgan fingerprint density at radius 2 is 1.76 bits per heavy atom. The van der Waals surface area contributed by atoms with Crippen molar-refractivity contribution >= 4 is 16.8 Å². The summed E-state index contributed by atoms with van der Waals surface area (Å²) in [6.45, 7) is 7.85. The first-order valence-electron chi connectivity index (χ1n) is 13.7. The molecule has 4 aliphatic rings. The maximum atomic E-state index is 13.6. The van der Waals surface area contributed by atoms with Crippen molar-refractivity contribution in [3.8, 4) is 5.75 Å². The van der Waals surface area contributed by atoms with E-state index in [1.165, 1.54) is 51.4 Å². The summed E-state index contributed by atoms with van der Waals surface area (Å²) in [4.78, 5) is 15.3. The van der Waals surface area contributed by atoms with E-state index in [1.807, 2.05) is 18.2 Å². The minimum Gasteiger partial charge on any atom is -0.497 e. The fourth-order valence-electron chi connectivity index (χ4n) is 9.39. The Kier molecular flexibility index (Phi) is 5.35. The predicted molar refractivity (Wildman–Crippen MR) is 133 cm³/mol. The van der Waals surface area contributed by atoms with Gasteiger partial charge >= 0.3 is 0 Å². The largest absolute Gasteiger partial charge is 0.497 e. The van der Waals surface area contributed by atoms with Crippen molar-refractivity contribution in [3.05, 3.63) is 18.2 Å². The Balaban J connectivity index is 1.20. The molecule has 1 aromatic carbocycles. The molecular weight excluding hydrogens is 422 g/mol. The lowest BCUT2D eigenvalue weighted by molar-refractivity contribution is -0.137. The standard InChI is InChI=1S/C29H41N3O2/c1-18-11-13-28(2)19(15-18)5-7-21-22-8-9-24(29(22,3)14-12-23(21)28)27(33)17-32-30-25-10-6-20(34-4)16-26(25)31-32/h6,10,16,18-19,21-24H,5,7-9,11-15,17H2,1-4H3. The van der Waals surface area contributed by atoms with Crippen molar-refractivity contribution < 1.29 is 9.53 Å². The van der Waals surface area contributed by atoms with E-state index in [0.29, 0.717) is 17.1 Å². The number of fused-ring (bicyclic) bond motifs is 6. The number of Topliss-reactive ketones (excluding diaryl/α,β-unsaturated/α-hetero) is 1. The van der Waals surface area contributed by atoms with E-state index >= 15 is 0 Å². The quantitative estimate of drug-likeness (QED) is 0.534. The molecule has 0 spiro atoms. The van der Waals surface area contributed by atoms with Crippen molar-refractivity contribution in [2.75, 3.05) is 7.11 Å². The number of methoxy groups -OCH3 is 1. The van der Waals surface area contributed by atoms with Gasteiger partial charge in [-0.3, -0.25) is 4.79 Å². The van der Waals surface area contributed by atoms with Crippen LogP contribution in [-0.2, 0) is 11.3 Å². The normalized spacial score (nSPS) is 41.5.